The van der Waals surface area contributed by atoms with E-state index in [4.69, 9.17) is 0 Å². The van der Waals surface area contributed by atoms with Crippen molar-refractivity contribution in [2.24, 2.45) is 0 Å². The lowest BCUT2D eigenvalue weighted by molar-refractivity contribution is 0.253. The van der Waals surface area contributed by atoms with Crippen molar-refractivity contribution in [1.29, 1.82) is 0 Å². The number of nitrogens with one attached hydrogen (secondary N) is 1. The molecule has 15 heavy (non-hydrogen) atoms. The van der Waals surface area contributed by atoms with E-state index in [0.717, 1.165) is 11.6 Å². The predicted octanol–water partition coefficient (Wildman–Crippen LogP) is 1.60. The lowest BCUT2D eigenvalue weighted by Gasteiger charge is -2.31. The normalized spacial score (nSPS) is 26.9. The topological polar surface area (TPSA) is 42.7 Å². The number of aryl methyl sites for hydroxylation is 2. The van der Waals surface area contributed by atoms with Crippen LogP contribution in [-0.2, 0) is 0 Å². The summed E-state index contributed by atoms with van der Waals surface area (Å²) in [4.78, 5) is 4.38. The van der Waals surface area contributed by atoms with Gasteiger partial charge in [0.25, 0.3) is 0 Å². The summed E-state index contributed by atoms with van der Waals surface area (Å²) >= 11 is 0. The van der Waals surface area contributed by atoms with Gasteiger partial charge in [0.15, 0.2) is 0 Å². The highest BCUT2D eigenvalue weighted by atomic mass is 15.4. The third-order valence-electron chi connectivity index (χ3n) is 3.32. The van der Waals surface area contributed by atoms with Gasteiger partial charge < -0.3 is 5.32 Å². The maximum absolute atomic E-state index is 4.50. The molecule has 0 aromatic carbocycles. The van der Waals surface area contributed by atoms with E-state index in [1.54, 1.807) is 0 Å². The smallest absolute Gasteiger partial charge is 0.147 e. The molecule has 1 fully saturated rings. The van der Waals surface area contributed by atoms with Crippen molar-refractivity contribution in [3.63, 3.8) is 0 Å². The maximum Gasteiger partial charge on any atom is 0.147 e. The highest BCUT2D eigenvalue weighted by molar-refractivity contribution is 4.94. The second-order valence-corrected chi connectivity index (χ2v) is 4.40. The molecule has 1 saturated carbocycles. The third kappa shape index (κ3) is 2.04. The highest BCUT2D eigenvalue weighted by Gasteiger charge is 2.27. The van der Waals surface area contributed by atoms with Crippen LogP contribution >= 0.6 is 0 Å². The molecule has 0 bridgehead atoms. The standard InChI is InChI=1S/C11H20N4/c1-8-13-9(2)15(14-8)11-7-5-4-6-10(11)12-3/h10-12H,4-7H2,1-3H3. The average Bonchev–Trinajstić information content (AvgIpc) is 2.57. The van der Waals surface area contributed by atoms with E-state index >= 15 is 0 Å². The van der Waals surface area contributed by atoms with Crippen LogP contribution in [0.4, 0.5) is 0 Å². The highest BCUT2D eigenvalue weighted by Crippen LogP contribution is 2.28. The van der Waals surface area contributed by atoms with Gasteiger partial charge in [0.2, 0.25) is 0 Å². The summed E-state index contributed by atoms with van der Waals surface area (Å²) in [7, 11) is 2.04. The Kier molecular flexibility index (Phi) is 3.05. The second kappa shape index (κ2) is 4.31. The third-order valence-corrected chi connectivity index (χ3v) is 3.32. The molecule has 2 unspecified atom stereocenters. The molecular weight excluding hydrogens is 188 g/mol. The molecule has 1 N–H and O–H groups in total. The Morgan fingerprint density at radius 1 is 1.27 bits per heavy atom. The molecule has 84 valence electrons. The second-order valence-electron chi connectivity index (χ2n) is 4.40. The first kappa shape index (κ1) is 10.6. The van der Waals surface area contributed by atoms with E-state index in [9.17, 15) is 0 Å². The molecular formula is C11H20N4. The summed E-state index contributed by atoms with van der Waals surface area (Å²) in [5.41, 5.74) is 0. The van der Waals surface area contributed by atoms with Crippen LogP contribution in [0.1, 0.15) is 43.4 Å². The monoisotopic (exact) mass is 208 g/mol. The van der Waals surface area contributed by atoms with Crippen LogP contribution in [-0.4, -0.2) is 27.9 Å². The zero-order valence-electron chi connectivity index (χ0n) is 9.82. The van der Waals surface area contributed by atoms with E-state index in [1.807, 2.05) is 20.9 Å². The first-order valence-electron chi connectivity index (χ1n) is 5.79. The van der Waals surface area contributed by atoms with Gasteiger partial charge in [-0.15, -0.1) is 0 Å². The van der Waals surface area contributed by atoms with E-state index in [-0.39, 0.29) is 0 Å². The summed E-state index contributed by atoms with van der Waals surface area (Å²) in [6, 6.07) is 1.04. The fourth-order valence-corrected chi connectivity index (χ4v) is 2.59. The molecule has 2 rings (SSSR count). The van der Waals surface area contributed by atoms with Crippen LogP contribution < -0.4 is 5.32 Å². The molecule has 0 amide bonds. The number of aromatic nitrogens is 3. The Hall–Kier alpha value is -0.900. The average molecular weight is 208 g/mol. The molecule has 4 nitrogen and oxygen atoms in total. The molecule has 1 heterocycles. The van der Waals surface area contributed by atoms with Gasteiger partial charge in [0.05, 0.1) is 6.04 Å². The van der Waals surface area contributed by atoms with Gasteiger partial charge in [-0.25, -0.2) is 9.67 Å². The largest absolute Gasteiger partial charge is 0.315 e. The Balaban J connectivity index is 2.23. The zero-order valence-corrected chi connectivity index (χ0v) is 9.82. The van der Waals surface area contributed by atoms with Crippen molar-refractivity contribution >= 4 is 0 Å². The van der Waals surface area contributed by atoms with E-state index in [0.29, 0.717) is 12.1 Å². The Morgan fingerprint density at radius 3 is 2.60 bits per heavy atom. The van der Waals surface area contributed by atoms with Gasteiger partial charge in [0.1, 0.15) is 11.6 Å². The zero-order chi connectivity index (χ0) is 10.8. The van der Waals surface area contributed by atoms with Crippen LogP contribution in [0.2, 0.25) is 0 Å². The Morgan fingerprint density at radius 2 is 2.00 bits per heavy atom. The minimum atomic E-state index is 0.491. The van der Waals surface area contributed by atoms with E-state index in [1.165, 1.54) is 25.7 Å². The minimum absolute atomic E-state index is 0.491. The van der Waals surface area contributed by atoms with Crippen molar-refractivity contribution in [2.45, 2.75) is 51.6 Å². The molecule has 0 saturated heterocycles. The maximum atomic E-state index is 4.50. The summed E-state index contributed by atoms with van der Waals surface area (Å²) in [5, 5.41) is 7.90. The summed E-state index contributed by atoms with van der Waals surface area (Å²) < 4.78 is 2.11. The van der Waals surface area contributed by atoms with Crippen molar-refractivity contribution in [3.05, 3.63) is 11.6 Å². The number of nitrogens with zero attached hydrogens (tertiary/aromatic N) is 3. The van der Waals surface area contributed by atoms with Gasteiger partial charge >= 0.3 is 0 Å². The minimum Gasteiger partial charge on any atom is -0.315 e. The number of hydrogen-bond acceptors (Lipinski definition) is 3. The Bertz CT molecular complexity index is 331. The lowest BCUT2D eigenvalue weighted by Crippen LogP contribution is -2.38. The van der Waals surface area contributed by atoms with Crippen molar-refractivity contribution in [3.8, 4) is 0 Å². The van der Waals surface area contributed by atoms with E-state index in [2.05, 4.69) is 20.1 Å². The van der Waals surface area contributed by atoms with Gasteiger partial charge in [-0.2, -0.15) is 5.10 Å². The first-order chi connectivity index (χ1) is 7.22. The lowest BCUT2D eigenvalue weighted by atomic mass is 9.90. The van der Waals surface area contributed by atoms with Crippen molar-refractivity contribution < 1.29 is 0 Å². The quantitative estimate of drug-likeness (QED) is 0.802. The van der Waals surface area contributed by atoms with Gasteiger partial charge in [-0.1, -0.05) is 12.8 Å². The fourth-order valence-electron chi connectivity index (χ4n) is 2.59. The van der Waals surface area contributed by atoms with Crippen LogP contribution in [0.15, 0.2) is 0 Å². The molecule has 2 atom stereocenters. The molecule has 4 heteroatoms. The van der Waals surface area contributed by atoms with Gasteiger partial charge in [-0.3, -0.25) is 0 Å². The van der Waals surface area contributed by atoms with Gasteiger partial charge in [0, 0.05) is 6.04 Å². The van der Waals surface area contributed by atoms with Gasteiger partial charge in [-0.05, 0) is 33.7 Å². The molecule has 0 spiro atoms. The van der Waals surface area contributed by atoms with Crippen LogP contribution in [0.3, 0.4) is 0 Å². The molecule has 1 aromatic rings. The van der Waals surface area contributed by atoms with Crippen molar-refractivity contribution in [2.75, 3.05) is 7.05 Å². The number of likely N-dealkylation sites (N-methyl/N-ethyl adjacent to an activating group) is 1. The molecule has 1 aliphatic rings. The van der Waals surface area contributed by atoms with Crippen LogP contribution in [0.5, 0.6) is 0 Å². The molecule has 0 aliphatic heterocycles. The Labute approximate surface area is 91.1 Å². The van der Waals surface area contributed by atoms with Crippen molar-refractivity contribution in [1.82, 2.24) is 20.1 Å². The fraction of sp³-hybridized carbons (Fsp3) is 0.818. The van der Waals surface area contributed by atoms with E-state index < -0.39 is 0 Å². The molecule has 1 aromatic heterocycles. The number of rotatable bonds is 2. The first-order valence-corrected chi connectivity index (χ1v) is 5.79. The van der Waals surface area contributed by atoms with Crippen LogP contribution in [0.25, 0.3) is 0 Å². The number of hydrogen-bond donors (Lipinski definition) is 1. The summed E-state index contributed by atoms with van der Waals surface area (Å²) in [6.45, 7) is 4.00. The van der Waals surface area contributed by atoms with Crippen LogP contribution in [0, 0.1) is 13.8 Å². The predicted molar refractivity (Wildman–Crippen MR) is 59.8 cm³/mol. The molecule has 1 aliphatic carbocycles. The summed E-state index contributed by atoms with van der Waals surface area (Å²) in [6.07, 6.45) is 5.10. The SMILES string of the molecule is CNC1CCCCC1n1nc(C)nc1C. The molecule has 0 radical (unpaired) electrons. The summed E-state index contributed by atoms with van der Waals surface area (Å²) in [5.74, 6) is 1.92.